The Morgan fingerprint density at radius 3 is 2.50 bits per heavy atom. The number of ether oxygens (including phenoxy) is 1. The van der Waals surface area contributed by atoms with Gasteiger partial charge in [0.25, 0.3) is 0 Å². The van der Waals surface area contributed by atoms with Crippen molar-refractivity contribution >= 4 is 36.0 Å². The highest BCUT2D eigenvalue weighted by Crippen LogP contribution is 2.13. The summed E-state index contributed by atoms with van der Waals surface area (Å²) in [5, 5.41) is 5.95. The van der Waals surface area contributed by atoms with Crippen LogP contribution in [0.4, 0.5) is 13.6 Å². The Bertz CT molecular complexity index is 676. The first-order chi connectivity index (χ1) is 13.4. The molecule has 1 atom stereocenters. The Morgan fingerprint density at radius 2 is 2.00 bits per heavy atom. The molecule has 0 aliphatic carbocycles. The highest BCUT2D eigenvalue weighted by molar-refractivity contribution is 14.0. The average molecular weight is 544 g/mol. The van der Waals surface area contributed by atoms with E-state index >= 15 is 0 Å². The van der Waals surface area contributed by atoms with Crippen molar-refractivity contribution in [1.82, 2.24) is 25.1 Å². The van der Waals surface area contributed by atoms with Crippen molar-refractivity contribution in [3.63, 3.8) is 0 Å². The zero-order valence-corrected chi connectivity index (χ0v) is 21.1. The van der Waals surface area contributed by atoms with Gasteiger partial charge in [-0.3, -0.25) is 9.56 Å². The first-order valence-electron chi connectivity index (χ1n) is 9.65. The fourth-order valence-electron chi connectivity index (χ4n) is 2.67. The van der Waals surface area contributed by atoms with Crippen molar-refractivity contribution in [1.29, 1.82) is 0 Å². The molecule has 11 heteroatoms. The van der Waals surface area contributed by atoms with Crippen molar-refractivity contribution in [3.05, 3.63) is 18.2 Å². The molecule has 0 radical (unpaired) electrons. The van der Waals surface area contributed by atoms with Crippen LogP contribution in [0.5, 0.6) is 0 Å². The molecule has 0 bridgehead atoms. The van der Waals surface area contributed by atoms with E-state index in [0.29, 0.717) is 18.9 Å². The van der Waals surface area contributed by atoms with Gasteiger partial charge in [-0.15, -0.1) is 24.0 Å². The fraction of sp³-hybridized carbons (Fsp3) is 0.737. The molecule has 1 amide bonds. The number of halogens is 3. The van der Waals surface area contributed by atoms with Crippen LogP contribution in [0.15, 0.2) is 17.4 Å². The van der Waals surface area contributed by atoms with Crippen molar-refractivity contribution < 1.29 is 18.3 Å². The third-order valence-corrected chi connectivity index (χ3v) is 4.22. The van der Waals surface area contributed by atoms with Crippen LogP contribution >= 0.6 is 24.0 Å². The molecule has 0 aliphatic heterocycles. The van der Waals surface area contributed by atoms with Gasteiger partial charge >= 0.3 is 12.6 Å². The summed E-state index contributed by atoms with van der Waals surface area (Å²) >= 11 is 0. The van der Waals surface area contributed by atoms with Gasteiger partial charge in [0, 0.05) is 39.1 Å². The van der Waals surface area contributed by atoms with Crippen LogP contribution in [0.1, 0.15) is 53.4 Å². The molecule has 1 aromatic heterocycles. The average Bonchev–Trinajstić information content (AvgIpc) is 3.06. The fourth-order valence-corrected chi connectivity index (χ4v) is 2.67. The lowest BCUT2D eigenvalue weighted by atomic mass is 10.0. The normalized spacial score (nSPS) is 13.1. The van der Waals surface area contributed by atoms with Crippen LogP contribution in [-0.4, -0.2) is 58.8 Å². The molecule has 30 heavy (non-hydrogen) atoms. The summed E-state index contributed by atoms with van der Waals surface area (Å²) in [4.78, 5) is 22.1. The Hall–Kier alpha value is -1.66. The standard InChI is InChI=1S/C19H34F2N6O2.HI/c1-13(2)14(25-18(28)29-19(3,4)5)8-10-26(7)17(22-6)24-12-15-23-9-11-27(15)16(20)21;/h9,11,13-14,16H,8,10,12H2,1-7H3,(H,22,24)(H,25,28);1H. The Morgan fingerprint density at radius 1 is 1.37 bits per heavy atom. The number of hydrogen-bond donors (Lipinski definition) is 2. The molecule has 8 nitrogen and oxygen atoms in total. The number of nitrogens with one attached hydrogen (secondary N) is 2. The third kappa shape index (κ3) is 9.90. The van der Waals surface area contributed by atoms with Gasteiger partial charge in [0.15, 0.2) is 5.96 Å². The van der Waals surface area contributed by atoms with Crippen LogP contribution < -0.4 is 10.6 Å². The molecule has 0 aliphatic rings. The summed E-state index contributed by atoms with van der Waals surface area (Å²) in [5.74, 6) is 0.985. The second-order valence-electron chi connectivity index (χ2n) is 8.14. The number of guanidine groups is 1. The molecule has 1 rings (SSSR count). The van der Waals surface area contributed by atoms with Gasteiger partial charge in [-0.25, -0.2) is 9.78 Å². The first kappa shape index (κ1) is 28.3. The number of nitrogens with zero attached hydrogens (tertiary/aromatic N) is 4. The zero-order chi connectivity index (χ0) is 22.2. The Kier molecular flexibility index (Phi) is 12.2. The minimum Gasteiger partial charge on any atom is -0.444 e. The third-order valence-electron chi connectivity index (χ3n) is 4.22. The van der Waals surface area contributed by atoms with Gasteiger partial charge in [0.1, 0.15) is 11.4 Å². The maximum atomic E-state index is 12.9. The molecule has 2 N–H and O–H groups in total. The molecule has 0 saturated carbocycles. The maximum Gasteiger partial charge on any atom is 0.407 e. The number of aliphatic imine (C=N–C) groups is 1. The van der Waals surface area contributed by atoms with E-state index in [1.54, 1.807) is 7.05 Å². The minimum absolute atomic E-state index is 0. The molecule has 1 heterocycles. The van der Waals surface area contributed by atoms with E-state index < -0.39 is 18.2 Å². The van der Waals surface area contributed by atoms with Crippen LogP contribution in [0.2, 0.25) is 0 Å². The van der Waals surface area contributed by atoms with E-state index in [2.05, 4.69) is 20.6 Å². The van der Waals surface area contributed by atoms with E-state index in [0.717, 1.165) is 4.57 Å². The quantitative estimate of drug-likeness (QED) is 0.295. The van der Waals surface area contributed by atoms with Crippen LogP contribution in [-0.2, 0) is 11.3 Å². The lowest BCUT2D eigenvalue weighted by Crippen LogP contribution is -2.45. The van der Waals surface area contributed by atoms with Gasteiger partial charge in [-0.2, -0.15) is 8.78 Å². The monoisotopic (exact) mass is 544 g/mol. The van der Waals surface area contributed by atoms with Crippen molar-refractivity contribution in [2.75, 3.05) is 20.6 Å². The molecular formula is C19H35F2IN6O2. The largest absolute Gasteiger partial charge is 0.444 e. The van der Waals surface area contributed by atoms with Crippen molar-refractivity contribution in [2.24, 2.45) is 10.9 Å². The number of alkyl halides is 2. The van der Waals surface area contributed by atoms with Gasteiger partial charge in [-0.05, 0) is 33.1 Å². The second-order valence-corrected chi connectivity index (χ2v) is 8.14. The summed E-state index contributed by atoms with van der Waals surface area (Å²) < 4.78 is 32.0. The highest BCUT2D eigenvalue weighted by Gasteiger charge is 2.22. The number of hydrogen-bond acceptors (Lipinski definition) is 4. The van der Waals surface area contributed by atoms with Gasteiger partial charge in [0.2, 0.25) is 0 Å². The first-order valence-corrected chi connectivity index (χ1v) is 9.65. The van der Waals surface area contributed by atoms with E-state index in [1.165, 1.54) is 12.4 Å². The van der Waals surface area contributed by atoms with E-state index in [9.17, 15) is 13.6 Å². The second kappa shape index (κ2) is 12.9. The lowest BCUT2D eigenvalue weighted by Gasteiger charge is -2.28. The Labute approximate surface area is 194 Å². The predicted octanol–water partition coefficient (Wildman–Crippen LogP) is 3.84. The molecule has 0 saturated heterocycles. The summed E-state index contributed by atoms with van der Waals surface area (Å²) in [5.41, 5.74) is -0.557. The minimum atomic E-state index is -2.64. The molecule has 1 aromatic rings. The number of rotatable bonds is 8. The molecule has 1 unspecified atom stereocenters. The number of amides is 1. The topological polar surface area (TPSA) is 83.8 Å². The number of carbonyl (C=O) groups is 1. The summed E-state index contributed by atoms with van der Waals surface area (Å²) in [7, 11) is 3.47. The van der Waals surface area contributed by atoms with Gasteiger partial charge in [0.05, 0.1) is 6.54 Å². The summed E-state index contributed by atoms with van der Waals surface area (Å²) in [6.07, 6.45) is 2.80. The maximum absolute atomic E-state index is 12.9. The van der Waals surface area contributed by atoms with Gasteiger partial charge in [-0.1, -0.05) is 13.8 Å². The SMILES string of the molecule is CN=C(NCc1nccn1C(F)F)N(C)CCC(NC(=O)OC(C)(C)C)C(C)C.I. The predicted molar refractivity (Wildman–Crippen MR) is 124 cm³/mol. The molecule has 0 aromatic carbocycles. The number of aromatic nitrogens is 2. The highest BCUT2D eigenvalue weighted by atomic mass is 127. The lowest BCUT2D eigenvalue weighted by molar-refractivity contribution is 0.0485. The van der Waals surface area contributed by atoms with Crippen molar-refractivity contribution in [3.8, 4) is 0 Å². The Balaban J connectivity index is 0.00000841. The van der Waals surface area contributed by atoms with Crippen LogP contribution in [0.25, 0.3) is 0 Å². The summed E-state index contributed by atoms with van der Waals surface area (Å²) in [6, 6.07) is -0.0804. The van der Waals surface area contributed by atoms with Gasteiger partial charge < -0.3 is 20.3 Å². The van der Waals surface area contributed by atoms with Crippen LogP contribution in [0, 0.1) is 5.92 Å². The molecular weight excluding hydrogens is 509 g/mol. The van der Waals surface area contributed by atoms with E-state index in [-0.39, 0.29) is 48.3 Å². The molecule has 0 fully saturated rings. The molecule has 0 spiro atoms. The molecule has 174 valence electrons. The number of alkyl carbamates (subject to hydrolysis) is 1. The van der Waals surface area contributed by atoms with E-state index in [4.69, 9.17) is 4.74 Å². The smallest absolute Gasteiger partial charge is 0.407 e. The number of imidazole rings is 1. The zero-order valence-electron chi connectivity index (χ0n) is 18.8. The van der Waals surface area contributed by atoms with Crippen molar-refractivity contribution in [2.45, 2.75) is 65.8 Å². The number of carbonyl (C=O) groups excluding carboxylic acids is 1. The summed E-state index contributed by atoms with van der Waals surface area (Å²) in [6.45, 7) is 7.59. The van der Waals surface area contributed by atoms with Crippen LogP contribution in [0.3, 0.4) is 0 Å². The van der Waals surface area contributed by atoms with E-state index in [1.807, 2.05) is 46.6 Å².